The summed E-state index contributed by atoms with van der Waals surface area (Å²) in [5.41, 5.74) is 14.0. The van der Waals surface area contributed by atoms with Crippen LogP contribution in [-0.2, 0) is 12.1 Å². The molecule has 196 valence electrons. The second-order valence-corrected chi connectivity index (χ2v) is 11.1. The van der Waals surface area contributed by atoms with Gasteiger partial charge in [0.05, 0.1) is 22.6 Å². The molecule has 0 unspecified atom stereocenters. The zero-order valence-corrected chi connectivity index (χ0v) is 22.9. The van der Waals surface area contributed by atoms with Crippen LogP contribution in [-0.4, -0.2) is 57.0 Å². The van der Waals surface area contributed by atoms with Gasteiger partial charge >= 0.3 is 0 Å². The van der Waals surface area contributed by atoms with Crippen molar-refractivity contribution in [1.82, 2.24) is 24.8 Å². The number of nitrogens with zero attached hydrogens (tertiary/aromatic N) is 5. The largest absolute Gasteiger partial charge is 0.321 e. The Labute approximate surface area is 226 Å². The number of rotatable bonds is 7. The van der Waals surface area contributed by atoms with Crippen molar-refractivity contribution in [1.29, 1.82) is 0 Å². The third kappa shape index (κ3) is 6.16. The van der Waals surface area contributed by atoms with Gasteiger partial charge in [-0.3, -0.25) is 19.8 Å². The van der Waals surface area contributed by atoms with Crippen LogP contribution in [0, 0.1) is 0 Å². The Hall–Kier alpha value is -3.45. The van der Waals surface area contributed by atoms with Gasteiger partial charge in [-0.15, -0.1) is 0 Å². The smallest absolute Gasteiger partial charge is 0.0896 e. The molecule has 38 heavy (non-hydrogen) atoms. The Balaban J connectivity index is 1.38. The SMILES string of the molecule is CC(C)N1CCN(Cc2ccc(-c3cncc(-c4cc(-c5ccccn5)nc(C(C)(C)N)c4)c3)cc2)CC1. The average molecular weight is 507 g/mol. The van der Waals surface area contributed by atoms with E-state index in [1.54, 1.807) is 6.20 Å². The lowest BCUT2D eigenvalue weighted by Crippen LogP contribution is -2.48. The Morgan fingerprint density at radius 2 is 1.53 bits per heavy atom. The second kappa shape index (κ2) is 11.1. The van der Waals surface area contributed by atoms with E-state index < -0.39 is 5.54 Å². The van der Waals surface area contributed by atoms with Gasteiger partial charge in [0, 0.05) is 68.5 Å². The molecule has 0 atom stereocenters. The lowest BCUT2D eigenvalue weighted by Gasteiger charge is -2.36. The molecule has 0 radical (unpaired) electrons. The lowest BCUT2D eigenvalue weighted by molar-refractivity contribution is 0.104. The van der Waals surface area contributed by atoms with E-state index in [2.05, 4.69) is 76.1 Å². The van der Waals surface area contributed by atoms with Crippen LogP contribution in [0.15, 0.2) is 79.3 Å². The molecule has 0 saturated carbocycles. The predicted octanol–water partition coefficient (Wildman–Crippen LogP) is 5.59. The summed E-state index contributed by atoms with van der Waals surface area (Å²) in [6.45, 7) is 14.1. The number of nitrogens with two attached hydrogens (primary N) is 1. The molecule has 1 aliphatic heterocycles. The Kier molecular flexibility index (Phi) is 7.65. The first-order chi connectivity index (χ1) is 18.3. The van der Waals surface area contributed by atoms with Crippen molar-refractivity contribution in [3.05, 3.63) is 90.5 Å². The van der Waals surface area contributed by atoms with Gasteiger partial charge in [-0.05, 0) is 74.7 Å². The second-order valence-electron chi connectivity index (χ2n) is 11.1. The topological polar surface area (TPSA) is 71.2 Å². The Bertz CT molecular complexity index is 1350. The van der Waals surface area contributed by atoms with Crippen molar-refractivity contribution in [3.8, 4) is 33.6 Å². The van der Waals surface area contributed by atoms with Crippen molar-refractivity contribution < 1.29 is 0 Å². The highest BCUT2D eigenvalue weighted by Gasteiger charge is 2.20. The monoisotopic (exact) mass is 506 g/mol. The van der Waals surface area contributed by atoms with E-state index in [0.29, 0.717) is 6.04 Å². The summed E-state index contributed by atoms with van der Waals surface area (Å²) in [6, 6.07) is 21.7. The van der Waals surface area contributed by atoms with Crippen LogP contribution in [0.1, 0.15) is 39.0 Å². The first-order valence-corrected chi connectivity index (χ1v) is 13.5. The molecule has 1 fully saturated rings. The maximum atomic E-state index is 6.47. The highest BCUT2D eigenvalue weighted by Crippen LogP contribution is 2.30. The maximum absolute atomic E-state index is 6.47. The molecule has 4 aromatic rings. The molecule has 3 aromatic heterocycles. The summed E-state index contributed by atoms with van der Waals surface area (Å²) in [5.74, 6) is 0. The molecule has 0 aliphatic carbocycles. The fraction of sp³-hybridized carbons (Fsp3) is 0.344. The fourth-order valence-electron chi connectivity index (χ4n) is 4.93. The van der Waals surface area contributed by atoms with Gasteiger partial charge in [0.2, 0.25) is 0 Å². The predicted molar refractivity (Wildman–Crippen MR) is 155 cm³/mol. The Morgan fingerprint density at radius 1 is 0.816 bits per heavy atom. The van der Waals surface area contributed by atoms with Crippen molar-refractivity contribution in [3.63, 3.8) is 0 Å². The number of aromatic nitrogens is 3. The number of hydrogen-bond acceptors (Lipinski definition) is 6. The minimum atomic E-state index is -0.582. The summed E-state index contributed by atoms with van der Waals surface area (Å²) < 4.78 is 0. The van der Waals surface area contributed by atoms with Crippen molar-refractivity contribution in [2.24, 2.45) is 5.73 Å². The quantitative estimate of drug-likeness (QED) is 0.352. The van der Waals surface area contributed by atoms with Crippen LogP contribution in [0.3, 0.4) is 0 Å². The van der Waals surface area contributed by atoms with E-state index in [9.17, 15) is 0 Å². The van der Waals surface area contributed by atoms with E-state index in [1.165, 1.54) is 5.56 Å². The van der Waals surface area contributed by atoms with Crippen molar-refractivity contribution in [2.75, 3.05) is 26.2 Å². The summed E-state index contributed by atoms with van der Waals surface area (Å²) in [5, 5.41) is 0. The molecule has 5 rings (SSSR count). The van der Waals surface area contributed by atoms with Crippen LogP contribution in [0.2, 0.25) is 0 Å². The molecule has 6 nitrogen and oxygen atoms in total. The summed E-state index contributed by atoms with van der Waals surface area (Å²) in [7, 11) is 0. The van der Waals surface area contributed by atoms with E-state index >= 15 is 0 Å². The number of benzene rings is 1. The molecule has 0 bridgehead atoms. The number of hydrogen-bond donors (Lipinski definition) is 1. The van der Waals surface area contributed by atoms with Gasteiger partial charge in [-0.2, -0.15) is 0 Å². The molecule has 6 heteroatoms. The van der Waals surface area contributed by atoms with E-state index in [0.717, 1.165) is 72.1 Å². The first kappa shape index (κ1) is 26.2. The molecule has 0 spiro atoms. The molecular formula is C32H38N6. The van der Waals surface area contributed by atoms with Gasteiger partial charge in [0.1, 0.15) is 0 Å². The molecule has 1 aliphatic rings. The molecule has 2 N–H and O–H groups in total. The highest BCUT2D eigenvalue weighted by molar-refractivity contribution is 5.74. The summed E-state index contributed by atoms with van der Waals surface area (Å²) in [4.78, 5) is 19.0. The minimum Gasteiger partial charge on any atom is -0.321 e. The molecule has 0 amide bonds. The van der Waals surface area contributed by atoms with Gasteiger partial charge in [-0.1, -0.05) is 30.3 Å². The molecule has 1 aromatic carbocycles. The third-order valence-electron chi connectivity index (χ3n) is 7.32. The molecule has 1 saturated heterocycles. The molecule has 4 heterocycles. The third-order valence-corrected chi connectivity index (χ3v) is 7.32. The lowest BCUT2D eigenvalue weighted by atomic mass is 9.95. The first-order valence-electron chi connectivity index (χ1n) is 13.5. The van der Waals surface area contributed by atoms with Gasteiger partial charge in [0.15, 0.2) is 0 Å². The van der Waals surface area contributed by atoms with E-state index in [1.807, 2.05) is 44.4 Å². The van der Waals surface area contributed by atoms with Crippen molar-refractivity contribution >= 4 is 0 Å². The van der Waals surface area contributed by atoms with Crippen LogP contribution < -0.4 is 5.73 Å². The Morgan fingerprint density at radius 3 is 2.16 bits per heavy atom. The average Bonchev–Trinajstić information content (AvgIpc) is 2.93. The zero-order chi connectivity index (χ0) is 26.7. The maximum Gasteiger partial charge on any atom is 0.0896 e. The normalized spacial score (nSPS) is 15.2. The number of piperazine rings is 1. The highest BCUT2D eigenvalue weighted by atomic mass is 15.3. The van der Waals surface area contributed by atoms with Crippen LogP contribution >= 0.6 is 0 Å². The van der Waals surface area contributed by atoms with Gasteiger partial charge in [0.25, 0.3) is 0 Å². The van der Waals surface area contributed by atoms with Crippen molar-refractivity contribution in [2.45, 2.75) is 45.8 Å². The minimum absolute atomic E-state index is 0.582. The summed E-state index contributed by atoms with van der Waals surface area (Å²) >= 11 is 0. The van der Waals surface area contributed by atoms with Crippen LogP contribution in [0.25, 0.3) is 33.6 Å². The van der Waals surface area contributed by atoms with E-state index in [-0.39, 0.29) is 0 Å². The number of pyridine rings is 3. The van der Waals surface area contributed by atoms with Crippen LogP contribution in [0.4, 0.5) is 0 Å². The fourth-order valence-corrected chi connectivity index (χ4v) is 4.93. The standard InChI is InChI=1S/C32H38N6/c1-23(2)38-15-13-37(14-16-38)22-24-8-10-25(11-9-24)27-17-28(21-34-20-27)26-18-30(29-7-5-6-12-35-29)36-31(19-26)32(3,4)33/h5-12,17-21,23H,13-16,22,33H2,1-4H3. The van der Waals surface area contributed by atoms with Gasteiger partial charge in [-0.25, -0.2) is 4.98 Å². The van der Waals surface area contributed by atoms with E-state index in [4.69, 9.17) is 10.7 Å². The summed E-state index contributed by atoms with van der Waals surface area (Å²) in [6.07, 6.45) is 5.62. The zero-order valence-electron chi connectivity index (χ0n) is 22.9. The molecular weight excluding hydrogens is 468 g/mol. The van der Waals surface area contributed by atoms with Crippen LogP contribution in [0.5, 0.6) is 0 Å². The van der Waals surface area contributed by atoms with Gasteiger partial charge < -0.3 is 5.73 Å².